The summed E-state index contributed by atoms with van der Waals surface area (Å²) >= 11 is 0. The smallest absolute Gasteiger partial charge is 0.226 e. The minimum Gasteiger partial charge on any atom is -0.356 e. The van der Waals surface area contributed by atoms with E-state index < -0.39 is 0 Å². The van der Waals surface area contributed by atoms with E-state index in [0.717, 1.165) is 62.0 Å². The molecule has 2 unspecified atom stereocenters. The Kier molecular flexibility index (Phi) is 4.18. The summed E-state index contributed by atoms with van der Waals surface area (Å²) in [5.74, 6) is 3.35. The molecule has 7 heteroatoms. The Hall–Kier alpha value is -2.70. The van der Waals surface area contributed by atoms with Crippen molar-refractivity contribution in [3.63, 3.8) is 0 Å². The number of hydrogen-bond donors (Lipinski definition) is 0. The molecule has 0 bridgehead atoms. The first-order valence-corrected chi connectivity index (χ1v) is 10.1. The first-order chi connectivity index (χ1) is 13.6. The second-order valence-corrected chi connectivity index (χ2v) is 8.38. The molecule has 2 saturated heterocycles. The summed E-state index contributed by atoms with van der Waals surface area (Å²) in [5.41, 5.74) is 2.05. The van der Waals surface area contributed by atoms with Crippen LogP contribution in [0.3, 0.4) is 0 Å². The first-order valence-electron chi connectivity index (χ1n) is 10.1. The van der Waals surface area contributed by atoms with Gasteiger partial charge in [0.25, 0.3) is 0 Å². The minimum absolute atomic E-state index is 0.181. The van der Waals surface area contributed by atoms with E-state index in [1.807, 2.05) is 30.7 Å². The van der Waals surface area contributed by atoms with Crippen LogP contribution in [-0.4, -0.2) is 56.7 Å². The Morgan fingerprint density at radius 1 is 0.964 bits per heavy atom. The van der Waals surface area contributed by atoms with Crippen LogP contribution in [0.25, 0.3) is 5.82 Å². The largest absolute Gasteiger partial charge is 0.356 e. The number of amides is 1. The number of anilines is 1. The van der Waals surface area contributed by atoms with Crippen LogP contribution in [0.1, 0.15) is 24.2 Å². The van der Waals surface area contributed by atoms with Gasteiger partial charge in [-0.1, -0.05) is 12.2 Å². The number of rotatable bonds is 3. The Morgan fingerprint density at radius 2 is 1.64 bits per heavy atom. The van der Waals surface area contributed by atoms with Gasteiger partial charge in [-0.2, -0.15) is 5.10 Å². The van der Waals surface area contributed by atoms with E-state index in [4.69, 9.17) is 0 Å². The quantitative estimate of drug-likeness (QED) is 0.766. The Balaban J connectivity index is 1.27. The summed E-state index contributed by atoms with van der Waals surface area (Å²) in [4.78, 5) is 26.1. The molecule has 2 aliphatic heterocycles. The molecule has 7 nitrogen and oxygen atoms in total. The van der Waals surface area contributed by atoms with Gasteiger partial charge in [-0.05, 0) is 32.8 Å². The number of carbonyl (C=O) groups excluding carboxylic acids is 1. The lowest BCUT2D eigenvalue weighted by atomic mass is 10.0. The van der Waals surface area contributed by atoms with Crippen LogP contribution in [0.4, 0.5) is 5.82 Å². The van der Waals surface area contributed by atoms with Crippen molar-refractivity contribution in [1.82, 2.24) is 24.6 Å². The van der Waals surface area contributed by atoms with Gasteiger partial charge in [0.1, 0.15) is 12.1 Å². The number of likely N-dealkylation sites (tertiary alicyclic amines) is 1. The summed E-state index contributed by atoms with van der Waals surface area (Å²) in [6.07, 6.45) is 7.71. The van der Waals surface area contributed by atoms with Gasteiger partial charge < -0.3 is 9.80 Å². The van der Waals surface area contributed by atoms with Crippen LogP contribution >= 0.6 is 0 Å². The lowest BCUT2D eigenvalue weighted by molar-refractivity contribution is -0.134. The predicted octanol–water partition coefficient (Wildman–Crippen LogP) is 2.14. The molecule has 2 atom stereocenters. The van der Waals surface area contributed by atoms with Gasteiger partial charge in [0, 0.05) is 55.7 Å². The molecule has 0 radical (unpaired) electrons. The van der Waals surface area contributed by atoms with Crippen molar-refractivity contribution in [3.05, 3.63) is 42.0 Å². The van der Waals surface area contributed by atoms with Crippen molar-refractivity contribution in [1.29, 1.82) is 0 Å². The summed E-state index contributed by atoms with van der Waals surface area (Å²) in [7, 11) is 0. The van der Waals surface area contributed by atoms with Crippen LogP contribution in [-0.2, 0) is 4.79 Å². The summed E-state index contributed by atoms with van der Waals surface area (Å²) in [5, 5.41) is 4.53. The van der Waals surface area contributed by atoms with Gasteiger partial charge in [-0.15, -0.1) is 0 Å². The zero-order valence-corrected chi connectivity index (χ0v) is 16.5. The van der Waals surface area contributed by atoms with Gasteiger partial charge in [-0.25, -0.2) is 14.6 Å². The van der Waals surface area contributed by atoms with E-state index in [-0.39, 0.29) is 5.92 Å². The second kappa shape index (κ2) is 6.72. The van der Waals surface area contributed by atoms with Crippen molar-refractivity contribution in [2.24, 2.45) is 17.8 Å². The maximum Gasteiger partial charge on any atom is 0.226 e. The van der Waals surface area contributed by atoms with Crippen LogP contribution < -0.4 is 4.90 Å². The lowest BCUT2D eigenvalue weighted by Gasteiger charge is -2.24. The number of nitrogens with zero attached hydrogens (tertiary/aromatic N) is 6. The van der Waals surface area contributed by atoms with Crippen molar-refractivity contribution in [2.75, 3.05) is 31.1 Å². The van der Waals surface area contributed by atoms with Gasteiger partial charge >= 0.3 is 0 Å². The topological polar surface area (TPSA) is 67.2 Å². The van der Waals surface area contributed by atoms with Crippen LogP contribution in [0.2, 0.25) is 0 Å². The number of allylic oxidation sites excluding steroid dienone is 2. The highest BCUT2D eigenvalue weighted by Gasteiger charge is 2.43. The molecule has 1 aliphatic carbocycles. The van der Waals surface area contributed by atoms with E-state index >= 15 is 0 Å². The normalized spacial score (nSPS) is 24.4. The van der Waals surface area contributed by atoms with Crippen molar-refractivity contribution in [2.45, 2.75) is 26.7 Å². The average molecular weight is 378 g/mol. The zero-order valence-electron chi connectivity index (χ0n) is 16.5. The van der Waals surface area contributed by atoms with Gasteiger partial charge in [0.05, 0.1) is 5.69 Å². The van der Waals surface area contributed by atoms with Crippen molar-refractivity contribution in [3.8, 4) is 5.82 Å². The van der Waals surface area contributed by atoms with Gasteiger partial charge in [0.2, 0.25) is 5.91 Å². The standard InChI is InChI=1S/C21H26N6O/c1-14-7-15(2)27(24-14)20-8-19(22-13-23-20)25-9-17-11-26(12-18(17)10-25)21(28)16-5-3-4-6-16/h3-4,7-8,13,16-18H,5-6,9-12H2,1-2H3. The maximum absolute atomic E-state index is 12.7. The molecule has 0 aromatic carbocycles. The summed E-state index contributed by atoms with van der Waals surface area (Å²) in [6.45, 7) is 7.68. The molecule has 2 aromatic heterocycles. The van der Waals surface area contributed by atoms with E-state index in [1.54, 1.807) is 6.33 Å². The van der Waals surface area contributed by atoms with Crippen molar-refractivity contribution < 1.29 is 4.79 Å². The fourth-order valence-corrected chi connectivity index (χ4v) is 4.92. The van der Waals surface area contributed by atoms with E-state index in [0.29, 0.717) is 17.7 Å². The molecule has 146 valence electrons. The maximum atomic E-state index is 12.7. The van der Waals surface area contributed by atoms with Crippen LogP contribution in [0, 0.1) is 31.6 Å². The molecule has 0 spiro atoms. The third kappa shape index (κ3) is 2.99. The average Bonchev–Trinajstić information content (AvgIpc) is 3.45. The highest BCUT2D eigenvalue weighted by molar-refractivity contribution is 5.80. The number of aryl methyl sites for hydroxylation is 2. The number of aromatic nitrogens is 4. The number of hydrogen-bond acceptors (Lipinski definition) is 5. The molecule has 2 aromatic rings. The highest BCUT2D eigenvalue weighted by Crippen LogP contribution is 2.35. The SMILES string of the molecule is Cc1cc(C)n(-c2cc(N3CC4CN(C(=O)C5CC=CC5)CC4C3)ncn2)n1. The Labute approximate surface area is 165 Å². The molecule has 1 amide bonds. The number of fused-ring (bicyclic) bond motifs is 1. The molecule has 0 saturated carbocycles. The summed E-state index contributed by atoms with van der Waals surface area (Å²) < 4.78 is 1.87. The fraction of sp³-hybridized carbons (Fsp3) is 0.524. The van der Waals surface area contributed by atoms with E-state index in [2.05, 4.69) is 37.0 Å². The molecule has 4 heterocycles. The molecular weight excluding hydrogens is 352 g/mol. The molecular formula is C21H26N6O. The summed E-state index contributed by atoms with van der Waals surface area (Å²) in [6, 6.07) is 4.07. The molecule has 28 heavy (non-hydrogen) atoms. The monoisotopic (exact) mass is 378 g/mol. The number of carbonyl (C=O) groups is 1. The van der Waals surface area contributed by atoms with Gasteiger partial charge in [-0.3, -0.25) is 4.79 Å². The van der Waals surface area contributed by atoms with Crippen LogP contribution in [0.15, 0.2) is 30.6 Å². The minimum atomic E-state index is 0.181. The molecule has 5 rings (SSSR count). The Morgan fingerprint density at radius 3 is 2.29 bits per heavy atom. The zero-order chi connectivity index (χ0) is 19.3. The van der Waals surface area contributed by atoms with E-state index in [9.17, 15) is 4.79 Å². The molecule has 2 fully saturated rings. The fourth-order valence-electron chi connectivity index (χ4n) is 4.92. The lowest BCUT2D eigenvalue weighted by Crippen LogP contribution is -2.36. The molecule has 3 aliphatic rings. The first kappa shape index (κ1) is 17.4. The van der Waals surface area contributed by atoms with Gasteiger partial charge in [0.15, 0.2) is 5.82 Å². The molecule has 0 N–H and O–H groups in total. The highest BCUT2D eigenvalue weighted by atomic mass is 16.2. The predicted molar refractivity (Wildman–Crippen MR) is 106 cm³/mol. The van der Waals surface area contributed by atoms with Crippen molar-refractivity contribution >= 4 is 11.7 Å². The Bertz CT molecular complexity index is 913. The second-order valence-electron chi connectivity index (χ2n) is 8.38. The van der Waals surface area contributed by atoms with E-state index in [1.165, 1.54) is 0 Å². The third-order valence-corrected chi connectivity index (χ3v) is 6.34. The van der Waals surface area contributed by atoms with Crippen LogP contribution in [0.5, 0.6) is 0 Å². The third-order valence-electron chi connectivity index (χ3n) is 6.34.